The van der Waals surface area contributed by atoms with Crippen LogP contribution in [0, 0.1) is 0 Å². The number of nitrogens with zero attached hydrogens (tertiary/aromatic N) is 1. The van der Waals surface area contributed by atoms with Gasteiger partial charge in [0.1, 0.15) is 17.3 Å². The topological polar surface area (TPSA) is 41.8 Å². The molecule has 3 nitrogen and oxygen atoms in total. The molecule has 5 rings (SSSR count). The largest absolute Gasteiger partial charge is 0.456 e. The van der Waals surface area contributed by atoms with Gasteiger partial charge in [0.25, 0.3) is 0 Å². The first-order valence-electron chi connectivity index (χ1n) is 9.44. The van der Waals surface area contributed by atoms with E-state index in [-0.39, 0.29) is 0 Å². The smallest absolute Gasteiger partial charge is 0.135 e. The molecule has 0 fully saturated rings. The maximum Gasteiger partial charge on any atom is 0.135 e. The Labute approximate surface area is 184 Å². The number of hydrogen-bond acceptors (Lipinski definition) is 2. The second-order valence-corrected chi connectivity index (χ2v) is 7.72. The van der Waals surface area contributed by atoms with Crippen molar-refractivity contribution >= 4 is 35.4 Å². The Morgan fingerprint density at radius 3 is 2.60 bits per heavy atom. The van der Waals surface area contributed by atoms with E-state index in [9.17, 15) is 0 Å². The van der Waals surface area contributed by atoms with Crippen molar-refractivity contribution < 1.29 is 4.42 Å². The Hall–Kier alpha value is -3.27. The molecule has 0 saturated heterocycles. The highest BCUT2D eigenvalue weighted by Gasteiger charge is 2.10. The van der Waals surface area contributed by atoms with Crippen LogP contribution in [0.25, 0.3) is 46.1 Å². The molecule has 0 radical (unpaired) electrons. The second-order valence-electron chi connectivity index (χ2n) is 6.87. The van der Waals surface area contributed by atoms with Gasteiger partial charge >= 0.3 is 0 Å². The molecule has 2 aliphatic rings. The van der Waals surface area contributed by atoms with Gasteiger partial charge in [-0.3, -0.25) is 0 Å². The molecule has 0 spiro atoms. The zero-order valence-corrected chi connectivity index (χ0v) is 17.3. The monoisotopic (exact) mass is 430 g/mol. The first-order valence-corrected chi connectivity index (χ1v) is 10.2. The fraction of sp³-hybridized carbons (Fsp3) is 0. The summed E-state index contributed by atoms with van der Waals surface area (Å²) in [6.45, 7) is 0. The van der Waals surface area contributed by atoms with Crippen molar-refractivity contribution in [2.24, 2.45) is 0 Å². The number of aromatic nitrogens is 2. The quantitative estimate of drug-likeness (QED) is 0.314. The summed E-state index contributed by atoms with van der Waals surface area (Å²) in [4.78, 5) is 7.74. The Morgan fingerprint density at radius 2 is 1.70 bits per heavy atom. The molecule has 1 N–H and O–H groups in total. The molecular formula is C25H16Cl2N2O. The average molecular weight is 431 g/mol. The molecule has 2 aromatic carbocycles. The highest BCUT2D eigenvalue weighted by molar-refractivity contribution is 6.36. The number of halogens is 2. The minimum Gasteiger partial charge on any atom is -0.456 e. The molecular weight excluding hydrogens is 415 g/mol. The summed E-state index contributed by atoms with van der Waals surface area (Å²) in [6.07, 6.45) is 5.72. The Morgan fingerprint density at radius 1 is 0.800 bits per heavy atom. The summed E-state index contributed by atoms with van der Waals surface area (Å²) >= 11 is 12.3. The molecule has 0 saturated carbocycles. The van der Waals surface area contributed by atoms with Gasteiger partial charge in [0.15, 0.2) is 0 Å². The van der Waals surface area contributed by atoms with Crippen molar-refractivity contribution in [2.45, 2.75) is 0 Å². The predicted octanol–water partition coefficient (Wildman–Crippen LogP) is 7.92. The fourth-order valence-electron chi connectivity index (χ4n) is 3.41. The Bertz CT molecular complexity index is 1330. The van der Waals surface area contributed by atoms with Crippen LogP contribution < -0.4 is 0 Å². The average Bonchev–Trinajstić information content (AvgIpc) is 3.41. The van der Waals surface area contributed by atoms with E-state index in [0.717, 1.165) is 45.3 Å². The van der Waals surface area contributed by atoms with Crippen molar-refractivity contribution in [1.82, 2.24) is 9.97 Å². The number of fused-ring (bicyclic) bond motifs is 1. The number of hydrogen-bond donors (Lipinski definition) is 1. The molecule has 2 heterocycles. The standard InChI is InChI=1S/C25H16Cl2N2O/c26-18-10-11-20(21(27)14-18)22-15-28-25(29-22)13-9-16-4-1-2-6-19(16)24-12-8-17-5-3-7-23(17)30-24/h1-15H,(H,28,29). The number of aromatic amines is 1. The third-order valence-corrected chi connectivity index (χ3v) is 5.45. The van der Waals surface area contributed by atoms with Crippen molar-refractivity contribution in [3.05, 3.63) is 100 Å². The van der Waals surface area contributed by atoms with Crippen LogP contribution in [0.3, 0.4) is 0 Å². The van der Waals surface area contributed by atoms with Gasteiger partial charge in [0, 0.05) is 21.7 Å². The molecule has 30 heavy (non-hydrogen) atoms. The minimum absolute atomic E-state index is 0.580. The van der Waals surface area contributed by atoms with Gasteiger partial charge in [-0.1, -0.05) is 65.7 Å². The van der Waals surface area contributed by atoms with Gasteiger partial charge in [-0.05, 0) is 48.0 Å². The summed E-state index contributed by atoms with van der Waals surface area (Å²) < 4.78 is 6.08. The number of benzene rings is 2. The molecule has 0 atom stereocenters. The summed E-state index contributed by atoms with van der Waals surface area (Å²) in [5.74, 6) is 2.43. The maximum atomic E-state index is 6.31. The lowest BCUT2D eigenvalue weighted by atomic mass is 10.0. The van der Waals surface area contributed by atoms with Crippen LogP contribution in [0.1, 0.15) is 11.4 Å². The first kappa shape index (κ1) is 18.7. The van der Waals surface area contributed by atoms with Gasteiger partial charge in [-0.15, -0.1) is 0 Å². The SMILES string of the molecule is Clc1ccc(-c2cnc(C=Cc3ccccc3-c3ccc4cccc-4o3)[nH]2)c(Cl)c1. The molecule has 3 aromatic rings. The molecule has 1 aromatic heterocycles. The maximum absolute atomic E-state index is 6.31. The van der Waals surface area contributed by atoms with Gasteiger partial charge < -0.3 is 9.40 Å². The van der Waals surface area contributed by atoms with Gasteiger partial charge in [0.05, 0.1) is 16.9 Å². The van der Waals surface area contributed by atoms with Crippen LogP contribution in [0.2, 0.25) is 10.0 Å². The highest BCUT2D eigenvalue weighted by Crippen LogP contribution is 2.32. The van der Waals surface area contributed by atoms with E-state index < -0.39 is 0 Å². The van der Waals surface area contributed by atoms with E-state index in [1.165, 1.54) is 0 Å². The first-order chi connectivity index (χ1) is 14.7. The molecule has 146 valence electrons. The zero-order valence-electron chi connectivity index (χ0n) is 15.8. The van der Waals surface area contributed by atoms with Crippen molar-refractivity contribution in [3.63, 3.8) is 0 Å². The molecule has 0 bridgehead atoms. The lowest BCUT2D eigenvalue weighted by Gasteiger charge is -2.07. The summed E-state index contributed by atoms with van der Waals surface area (Å²) in [6, 6.07) is 23.6. The van der Waals surface area contributed by atoms with Crippen molar-refractivity contribution in [2.75, 3.05) is 0 Å². The molecule has 5 heteroatoms. The minimum atomic E-state index is 0.580. The Kier molecular flexibility index (Phi) is 4.91. The molecule has 0 amide bonds. The highest BCUT2D eigenvalue weighted by atomic mass is 35.5. The van der Waals surface area contributed by atoms with E-state index in [1.807, 2.05) is 66.7 Å². The van der Waals surface area contributed by atoms with Gasteiger partial charge in [-0.2, -0.15) is 0 Å². The van der Waals surface area contributed by atoms with E-state index in [1.54, 1.807) is 12.3 Å². The van der Waals surface area contributed by atoms with Gasteiger partial charge in [0.2, 0.25) is 0 Å². The van der Waals surface area contributed by atoms with Gasteiger partial charge in [-0.25, -0.2) is 4.98 Å². The molecule has 1 aliphatic heterocycles. The van der Waals surface area contributed by atoms with Crippen LogP contribution in [0.15, 0.2) is 83.4 Å². The lowest BCUT2D eigenvalue weighted by molar-refractivity contribution is 0.583. The molecule has 0 unspecified atom stereocenters. The second kappa shape index (κ2) is 7.86. The molecule has 1 aliphatic carbocycles. The number of nitrogens with one attached hydrogen (secondary N) is 1. The zero-order chi connectivity index (χ0) is 20.5. The van der Waals surface area contributed by atoms with Crippen LogP contribution in [0.5, 0.6) is 0 Å². The third-order valence-electron chi connectivity index (χ3n) is 4.91. The van der Waals surface area contributed by atoms with Crippen LogP contribution in [-0.2, 0) is 0 Å². The van der Waals surface area contributed by atoms with Crippen LogP contribution in [0.4, 0.5) is 0 Å². The third kappa shape index (κ3) is 3.65. The summed E-state index contributed by atoms with van der Waals surface area (Å²) in [7, 11) is 0. The fourth-order valence-corrected chi connectivity index (χ4v) is 3.92. The number of imidazole rings is 1. The lowest BCUT2D eigenvalue weighted by Crippen LogP contribution is -1.85. The normalized spacial score (nSPS) is 11.5. The van der Waals surface area contributed by atoms with Crippen LogP contribution >= 0.6 is 23.2 Å². The Balaban J connectivity index is 1.46. The van der Waals surface area contributed by atoms with E-state index in [4.69, 9.17) is 27.6 Å². The summed E-state index contributed by atoms with van der Waals surface area (Å²) in [5, 5.41) is 1.18. The van der Waals surface area contributed by atoms with Crippen molar-refractivity contribution in [1.29, 1.82) is 0 Å². The van der Waals surface area contributed by atoms with E-state index in [2.05, 4.69) is 22.1 Å². The number of rotatable bonds is 4. The van der Waals surface area contributed by atoms with Crippen molar-refractivity contribution in [3.8, 4) is 33.9 Å². The number of H-pyrrole nitrogens is 1. The van der Waals surface area contributed by atoms with E-state index in [0.29, 0.717) is 10.0 Å². The van der Waals surface area contributed by atoms with E-state index >= 15 is 0 Å². The predicted molar refractivity (Wildman–Crippen MR) is 124 cm³/mol. The van der Waals surface area contributed by atoms with Crippen LogP contribution in [-0.4, -0.2) is 9.97 Å². The summed E-state index contributed by atoms with van der Waals surface area (Å²) in [5.41, 5.74) is 4.84.